The van der Waals surface area contributed by atoms with Gasteiger partial charge in [0.15, 0.2) is 5.82 Å². The zero-order valence-corrected chi connectivity index (χ0v) is 26.7. The topological polar surface area (TPSA) is 85.8 Å². The number of benzene rings is 3. The Kier molecular flexibility index (Phi) is 6.86. The van der Waals surface area contributed by atoms with Crippen LogP contribution in [0.5, 0.6) is 11.8 Å². The summed E-state index contributed by atoms with van der Waals surface area (Å²) in [6, 6.07) is 13.5. The fourth-order valence-electron chi connectivity index (χ4n) is 8.59. The molecule has 242 valence electrons. The van der Waals surface area contributed by atoms with Crippen molar-refractivity contribution in [3.8, 4) is 35.2 Å². The van der Waals surface area contributed by atoms with Gasteiger partial charge in [-0.05, 0) is 92.2 Å². The first kappa shape index (κ1) is 29.2. The minimum absolute atomic E-state index is 0.0489. The molecule has 5 fully saturated rings. The molecule has 1 aromatic heterocycles. The third kappa shape index (κ3) is 5.18. The van der Waals surface area contributed by atoms with Crippen molar-refractivity contribution in [3.05, 3.63) is 53.8 Å². The summed E-state index contributed by atoms with van der Waals surface area (Å²) in [5.41, 5.74) is 2.36. The fraction of sp³-hybridized carbons (Fsp3) is 0.474. The van der Waals surface area contributed by atoms with E-state index >= 15 is 4.39 Å². The second-order valence-electron chi connectivity index (χ2n) is 14.9. The van der Waals surface area contributed by atoms with Crippen LogP contribution in [0.15, 0.2) is 42.5 Å². The van der Waals surface area contributed by atoms with E-state index in [0.717, 1.165) is 88.1 Å². The maximum absolute atomic E-state index is 16.9. The number of hydrogen-bond acceptors (Lipinski definition) is 8. The molecule has 1 aliphatic carbocycles. The van der Waals surface area contributed by atoms with Gasteiger partial charge in [0.1, 0.15) is 17.1 Å². The van der Waals surface area contributed by atoms with Gasteiger partial charge in [-0.2, -0.15) is 9.97 Å². The predicted octanol–water partition coefficient (Wildman–Crippen LogP) is 5.06. The predicted molar refractivity (Wildman–Crippen MR) is 182 cm³/mol. The quantitative estimate of drug-likeness (QED) is 0.244. The Labute approximate surface area is 274 Å². The number of phenols is 1. The van der Waals surface area contributed by atoms with Gasteiger partial charge in [-0.1, -0.05) is 24.1 Å². The van der Waals surface area contributed by atoms with Crippen molar-refractivity contribution >= 4 is 27.5 Å². The summed E-state index contributed by atoms with van der Waals surface area (Å²) in [6.45, 7) is 7.78. The molecule has 4 saturated heterocycles. The summed E-state index contributed by atoms with van der Waals surface area (Å²) >= 11 is 0. The van der Waals surface area contributed by atoms with Crippen LogP contribution in [-0.4, -0.2) is 84.5 Å². The van der Waals surface area contributed by atoms with Crippen LogP contribution in [0.25, 0.3) is 32.8 Å². The highest BCUT2D eigenvalue weighted by molar-refractivity contribution is 6.04. The summed E-state index contributed by atoms with van der Waals surface area (Å²) in [5.74, 6) is 3.04. The van der Waals surface area contributed by atoms with Crippen LogP contribution < -0.4 is 20.3 Å². The number of phenolic OH excluding ortho intramolecular Hbond substituents is 1. The molecule has 3 N–H and O–H groups in total. The van der Waals surface area contributed by atoms with Crippen LogP contribution in [0.3, 0.4) is 0 Å². The van der Waals surface area contributed by atoms with Gasteiger partial charge in [-0.3, -0.25) is 0 Å². The number of rotatable bonds is 7. The Hall–Kier alpha value is -3.97. The third-order valence-electron chi connectivity index (χ3n) is 11.6. The molecule has 3 aromatic carbocycles. The molecule has 5 heterocycles. The number of terminal acetylenes is 1. The first-order valence-electron chi connectivity index (χ1n) is 17.2. The van der Waals surface area contributed by atoms with Gasteiger partial charge in [0.2, 0.25) is 0 Å². The van der Waals surface area contributed by atoms with Gasteiger partial charge in [0.25, 0.3) is 0 Å². The van der Waals surface area contributed by atoms with Crippen molar-refractivity contribution in [2.45, 2.75) is 50.6 Å². The lowest BCUT2D eigenvalue weighted by atomic mass is 9.73. The van der Waals surface area contributed by atoms with Crippen molar-refractivity contribution in [1.82, 2.24) is 25.5 Å². The number of piperazine rings is 1. The van der Waals surface area contributed by atoms with Crippen LogP contribution in [0.2, 0.25) is 0 Å². The average molecular weight is 633 g/mol. The number of anilines is 1. The lowest BCUT2D eigenvalue weighted by Crippen LogP contribution is -2.58. The molecular formula is C38H41FN6O2. The first-order valence-corrected chi connectivity index (χ1v) is 17.2. The number of aromatic hydroxyl groups is 1. The van der Waals surface area contributed by atoms with Gasteiger partial charge in [-0.25, -0.2) is 4.39 Å². The van der Waals surface area contributed by atoms with Crippen molar-refractivity contribution in [3.63, 3.8) is 0 Å². The van der Waals surface area contributed by atoms with Crippen molar-refractivity contribution in [2.75, 3.05) is 57.3 Å². The molecule has 4 aliphatic heterocycles. The Balaban J connectivity index is 1.07. The minimum atomic E-state index is -0.471. The lowest BCUT2D eigenvalue weighted by Gasteiger charge is -2.48. The van der Waals surface area contributed by atoms with Crippen LogP contribution in [0.1, 0.15) is 44.1 Å². The number of piperidine rings is 1. The van der Waals surface area contributed by atoms with Crippen molar-refractivity contribution < 1.29 is 14.2 Å². The summed E-state index contributed by atoms with van der Waals surface area (Å²) in [6.07, 6.45) is 12.9. The van der Waals surface area contributed by atoms with Gasteiger partial charge < -0.3 is 30.3 Å². The molecule has 0 amide bonds. The van der Waals surface area contributed by atoms with E-state index < -0.39 is 5.82 Å². The van der Waals surface area contributed by atoms with Crippen LogP contribution in [-0.2, 0) is 0 Å². The van der Waals surface area contributed by atoms with E-state index in [1.54, 1.807) is 18.2 Å². The van der Waals surface area contributed by atoms with Crippen molar-refractivity contribution in [2.24, 2.45) is 10.8 Å². The highest BCUT2D eigenvalue weighted by Crippen LogP contribution is 2.48. The number of fused-ring (bicyclic) bond motifs is 4. The molecule has 1 saturated carbocycles. The van der Waals surface area contributed by atoms with E-state index in [4.69, 9.17) is 21.1 Å². The Morgan fingerprint density at radius 2 is 1.79 bits per heavy atom. The van der Waals surface area contributed by atoms with Crippen molar-refractivity contribution in [1.29, 1.82) is 0 Å². The maximum Gasteiger partial charge on any atom is 0.319 e. The maximum atomic E-state index is 16.9. The highest BCUT2D eigenvalue weighted by atomic mass is 19.1. The monoisotopic (exact) mass is 632 g/mol. The molecule has 5 aliphatic rings. The van der Waals surface area contributed by atoms with E-state index in [-0.39, 0.29) is 22.7 Å². The summed E-state index contributed by atoms with van der Waals surface area (Å²) in [7, 11) is 0. The van der Waals surface area contributed by atoms with E-state index in [1.807, 2.05) is 24.3 Å². The molecule has 47 heavy (non-hydrogen) atoms. The second kappa shape index (κ2) is 11.0. The Morgan fingerprint density at radius 1 is 1.00 bits per heavy atom. The number of halogens is 1. The van der Waals surface area contributed by atoms with E-state index in [2.05, 4.69) is 26.4 Å². The summed E-state index contributed by atoms with van der Waals surface area (Å²) < 4.78 is 23.4. The molecule has 0 radical (unpaired) electrons. The Morgan fingerprint density at radius 3 is 2.49 bits per heavy atom. The molecular weight excluding hydrogens is 591 g/mol. The number of ether oxygens (including phenoxy) is 1. The Bertz CT molecular complexity index is 1910. The summed E-state index contributed by atoms with van der Waals surface area (Å²) in [5, 5.41) is 19.9. The smallest absolute Gasteiger partial charge is 0.319 e. The van der Waals surface area contributed by atoms with Gasteiger partial charge in [0, 0.05) is 72.1 Å². The standard InChI is InChI=1S/C38H41FN6O2/c1-2-24-4-3-5-25-16-28(46)17-31(32(24)25)29-8-9-30-34(33(29)39)42-36(43-35(30)45-18-26-6-7-27(19-45)41-26)47-23-38(10-11-38)22-44-14-12-37(13-15-44)20-40-21-37/h1,3-5,8-9,16-17,26-27,40-41,46H,6-7,10-15,18-23H2. The molecule has 2 bridgehead atoms. The molecule has 9 heteroatoms. The highest BCUT2D eigenvalue weighted by Gasteiger charge is 2.47. The van der Waals surface area contributed by atoms with E-state index in [1.165, 1.54) is 12.8 Å². The van der Waals surface area contributed by atoms with Crippen LogP contribution in [0.4, 0.5) is 10.2 Å². The normalized spacial score (nSPS) is 24.4. The van der Waals surface area contributed by atoms with Gasteiger partial charge in [0.05, 0.1) is 6.61 Å². The third-order valence-corrected chi connectivity index (χ3v) is 11.6. The molecule has 4 aromatic rings. The largest absolute Gasteiger partial charge is 0.508 e. The molecule has 8 nitrogen and oxygen atoms in total. The molecule has 1 spiro atoms. The summed E-state index contributed by atoms with van der Waals surface area (Å²) in [4.78, 5) is 14.6. The fourth-order valence-corrected chi connectivity index (χ4v) is 8.59. The zero-order valence-electron chi connectivity index (χ0n) is 26.7. The van der Waals surface area contributed by atoms with Gasteiger partial charge in [-0.15, -0.1) is 6.42 Å². The molecule has 2 unspecified atom stereocenters. The van der Waals surface area contributed by atoms with E-state index in [0.29, 0.717) is 46.2 Å². The number of likely N-dealkylation sites (tertiary alicyclic amines) is 1. The molecule has 9 rings (SSSR count). The first-order chi connectivity index (χ1) is 22.9. The number of nitrogens with one attached hydrogen (secondary N) is 2. The SMILES string of the molecule is C#Cc1cccc2cc(O)cc(-c3ccc4c(N5CC6CCC(C5)N6)nc(OCC5(CN6CCC7(CC6)CNC7)CC5)nc4c3F)c12. The second-order valence-corrected chi connectivity index (χ2v) is 14.9. The van der Waals surface area contributed by atoms with Gasteiger partial charge >= 0.3 is 6.01 Å². The number of nitrogens with zero attached hydrogens (tertiary/aromatic N) is 4. The number of aromatic nitrogens is 2. The van der Waals surface area contributed by atoms with Crippen LogP contribution >= 0.6 is 0 Å². The number of hydrogen-bond donors (Lipinski definition) is 3. The zero-order chi connectivity index (χ0) is 31.8. The molecule has 2 atom stereocenters. The average Bonchev–Trinajstić information content (AvgIpc) is 3.76. The van der Waals surface area contributed by atoms with Crippen LogP contribution in [0, 0.1) is 29.0 Å². The lowest BCUT2D eigenvalue weighted by molar-refractivity contribution is 0.0400. The minimum Gasteiger partial charge on any atom is -0.508 e. The van der Waals surface area contributed by atoms with E-state index in [9.17, 15) is 5.11 Å².